The normalized spacial score (nSPS) is 8.81. The third-order valence-corrected chi connectivity index (χ3v) is 2.55. The Kier molecular flexibility index (Phi) is 6.44. The minimum Gasteiger partial charge on any atom is -0.412 e. The lowest BCUT2D eigenvalue weighted by Crippen LogP contribution is -1.76. The van der Waals surface area contributed by atoms with Crippen LogP contribution >= 0.6 is 12.0 Å². The molecular formula is C12H17NO2S. The van der Waals surface area contributed by atoms with Gasteiger partial charge >= 0.3 is 0 Å². The molecule has 6 N–H and O–H groups in total. The van der Waals surface area contributed by atoms with Gasteiger partial charge in [-0.2, -0.15) is 0 Å². The molecular weight excluding hydrogens is 222 g/mol. The Balaban J connectivity index is 0. The largest absolute Gasteiger partial charge is 0.412 e. The van der Waals surface area contributed by atoms with Crippen molar-refractivity contribution >= 4 is 12.0 Å². The lowest BCUT2D eigenvalue weighted by atomic mass is 10.1. The lowest BCUT2D eigenvalue weighted by molar-refractivity contribution is 0.664. The first-order valence-corrected chi connectivity index (χ1v) is 5.14. The van der Waals surface area contributed by atoms with E-state index in [0.29, 0.717) is 0 Å². The molecule has 0 fully saturated rings. The average molecular weight is 239 g/mol. The van der Waals surface area contributed by atoms with Crippen molar-refractivity contribution in [1.29, 1.82) is 0 Å². The Hall–Kier alpha value is -1.33. The summed E-state index contributed by atoms with van der Waals surface area (Å²) >= 11 is 0.773. The fourth-order valence-corrected chi connectivity index (χ4v) is 1.60. The smallest absolute Gasteiger partial charge is 0.0351 e. The molecule has 0 aliphatic carbocycles. The van der Waals surface area contributed by atoms with E-state index in [1.165, 1.54) is 11.1 Å². The van der Waals surface area contributed by atoms with E-state index in [4.69, 9.17) is 4.55 Å². The van der Waals surface area contributed by atoms with E-state index < -0.39 is 0 Å². The van der Waals surface area contributed by atoms with Crippen molar-refractivity contribution in [3.8, 4) is 11.1 Å². The van der Waals surface area contributed by atoms with Crippen molar-refractivity contribution in [1.82, 2.24) is 6.15 Å². The molecule has 0 amide bonds. The van der Waals surface area contributed by atoms with Gasteiger partial charge in [-0.15, -0.1) is 0 Å². The number of benzene rings is 2. The van der Waals surface area contributed by atoms with Crippen LogP contribution in [0.1, 0.15) is 1.43 Å². The molecule has 0 aliphatic heterocycles. The van der Waals surface area contributed by atoms with E-state index in [9.17, 15) is 0 Å². The summed E-state index contributed by atoms with van der Waals surface area (Å²) in [4.78, 5) is 0.865. The minimum absolute atomic E-state index is 0. The summed E-state index contributed by atoms with van der Waals surface area (Å²) in [6.07, 6.45) is 0. The first-order valence-electron chi connectivity index (χ1n) is 4.37. The van der Waals surface area contributed by atoms with Crippen LogP contribution in [0.5, 0.6) is 0 Å². The predicted molar refractivity (Wildman–Crippen MR) is 71.1 cm³/mol. The van der Waals surface area contributed by atoms with Gasteiger partial charge in [-0.25, -0.2) is 0 Å². The molecule has 2 rings (SSSR count). The summed E-state index contributed by atoms with van der Waals surface area (Å²) in [5, 5.41) is 0. The molecule has 0 atom stereocenters. The molecule has 88 valence electrons. The molecule has 0 saturated heterocycles. The van der Waals surface area contributed by atoms with E-state index in [1.807, 2.05) is 42.5 Å². The van der Waals surface area contributed by atoms with Gasteiger partial charge in [-0.05, 0) is 23.3 Å². The van der Waals surface area contributed by atoms with Crippen LogP contribution in [-0.4, -0.2) is 10.0 Å². The Morgan fingerprint density at radius 1 is 0.812 bits per heavy atom. The van der Waals surface area contributed by atoms with Crippen LogP contribution < -0.4 is 6.15 Å². The minimum atomic E-state index is 0. The number of hydrogen-bond donors (Lipinski definition) is 2. The van der Waals surface area contributed by atoms with Crippen LogP contribution in [0, 0.1) is 0 Å². The maximum Gasteiger partial charge on any atom is 0.0351 e. The molecule has 4 heteroatoms. The van der Waals surface area contributed by atoms with Gasteiger partial charge in [0.25, 0.3) is 0 Å². The Morgan fingerprint density at radius 2 is 1.31 bits per heavy atom. The second kappa shape index (κ2) is 7.03. The molecule has 0 saturated carbocycles. The monoisotopic (exact) mass is 239 g/mol. The Bertz CT molecular complexity index is 409. The molecule has 16 heavy (non-hydrogen) atoms. The Labute approximate surface area is 101 Å². The third kappa shape index (κ3) is 3.36. The fourth-order valence-electron chi connectivity index (χ4n) is 1.34. The van der Waals surface area contributed by atoms with Gasteiger partial charge in [-0.1, -0.05) is 42.5 Å². The van der Waals surface area contributed by atoms with Gasteiger partial charge in [0.05, 0.1) is 0 Å². The van der Waals surface area contributed by atoms with Crippen molar-refractivity contribution < 1.29 is 11.5 Å². The predicted octanol–water partition coefficient (Wildman–Crippen LogP) is 3.50. The van der Waals surface area contributed by atoms with Gasteiger partial charge in [0.2, 0.25) is 0 Å². The number of hydrogen-bond acceptors (Lipinski definition) is 3. The first-order chi connectivity index (χ1) is 6.90. The summed E-state index contributed by atoms with van der Waals surface area (Å²) in [6.45, 7) is 0. The van der Waals surface area contributed by atoms with E-state index >= 15 is 0 Å². The van der Waals surface area contributed by atoms with Crippen molar-refractivity contribution in [2.75, 3.05) is 0 Å². The average Bonchev–Trinajstić information content (AvgIpc) is 2.30. The molecule has 3 nitrogen and oxygen atoms in total. The topological polar surface area (TPSA) is 86.7 Å². The van der Waals surface area contributed by atoms with Crippen LogP contribution in [0.3, 0.4) is 0 Å². The van der Waals surface area contributed by atoms with Gasteiger partial charge in [-0.3, -0.25) is 0 Å². The van der Waals surface area contributed by atoms with Crippen molar-refractivity contribution in [2.45, 2.75) is 4.90 Å². The van der Waals surface area contributed by atoms with E-state index in [2.05, 4.69) is 12.1 Å². The maximum absolute atomic E-state index is 8.82. The van der Waals surface area contributed by atoms with Crippen LogP contribution in [-0.2, 0) is 0 Å². The Morgan fingerprint density at radius 3 is 1.81 bits per heavy atom. The van der Waals surface area contributed by atoms with Crippen LogP contribution in [0.4, 0.5) is 0 Å². The second-order valence-corrected chi connectivity index (χ2v) is 3.64. The fraction of sp³-hybridized carbons (Fsp3) is 0. The van der Waals surface area contributed by atoms with Gasteiger partial charge in [0.1, 0.15) is 0 Å². The quantitative estimate of drug-likeness (QED) is 0.786. The summed E-state index contributed by atoms with van der Waals surface area (Å²) in [5.74, 6) is 0. The molecule has 0 spiro atoms. The van der Waals surface area contributed by atoms with E-state index in [-0.39, 0.29) is 13.1 Å². The van der Waals surface area contributed by atoms with Gasteiger partial charge in [0, 0.05) is 18.4 Å². The maximum atomic E-state index is 8.82. The summed E-state index contributed by atoms with van der Waals surface area (Å²) < 4.78 is 8.82. The highest BCUT2D eigenvalue weighted by atomic mass is 32.2. The zero-order valence-electron chi connectivity index (χ0n) is 8.76. The molecule has 2 aromatic carbocycles. The van der Waals surface area contributed by atoms with E-state index in [1.54, 1.807) is 0 Å². The van der Waals surface area contributed by atoms with Crippen LogP contribution in [0.25, 0.3) is 11.1 Å². The molecule has 2 aromatic rings. The zero-order chi connectivity index (χ0) is 9.80. The summed E-state index contributed by atoms with van der Waals surface area (Å²) in [6, 6.07) is 18.0. The zero-order valence-corrected chi connectivity index (χ0v) is 9.58. The van der Waals surface area contributed by atoms with E-state index in [0.717, 1.165) is 16.9 Å². The molecule has 0 aliphatic rings. The number of rotatable bonds is 2. The standard InChI is InChI=1S/C12H10OS.H3N.H2O.H2/c13-14-12-8-6-11(7-9-12)10-4-2-1-3-5-10;;;/h1-9,13H;1H3;1H2;1H. The molecule has 0 radical (unpaired) electrons. The van der Waals surface area contributed by atoms with Crippen molar-refractivity contribution in [3.63, 3.8) is 0 Å². The van der Waals surface area contributed by atoms with Crippen molar-refractivity contribution in [3.05, 3.63) is 54.6 Å². The highest BCUT2D eigenvalue weighted by Crippen LogP contribution is 2.22. The second-order valence-electron chi connectivity index (χ2n) is 2.98. The summed E-state index contributed by atoms with van der Waals surface area (Å²) in [7, 11) is 0. The molecule has 0 bridgehead atoms. The van der Waals surface area contributed by atoms with Gasteiger partial charge in [0.15, 0.2) is 0 Å². The first kappa shape index (κ1) is 14.7. The van der Waals surface area contributed by atoms with Crippen LogP contribution in [0.2, 0.25) is 0 Å². The lowest BCUT2D eigenvalue weighted by Gasteiger charge is -2.01. The third-order valence-electron chi connectivity index (χ3n) is 2.07. The highest BCUT2D eigenvalue weighted by Gasteiger charge is 1.96. The van der Waals surface area contributed by atoms with Gasteiger partial charge < -0.3 is 16.2 Å². The summed E-state index contributed by atoms with van der Waals surface area (Å²) in [5.41, 5.74) is 2.37. The SMILES string of the molecule is N.O.OSc1ccc(-c2ccccc2)cc1.[HH]. The highest BCUT2D eigenvalue weighted by molar-refractivity contribution is 7.93. The van der Waals surface area contributed by atoms with Crippen LogP contribution in [0.15, 0.2) is 59.5 Å². The molecule has 0 unspecified atom stereocenters. The molecule has 0 heterocycles. The molecule has 0 aromatic heterocycles. The van der Waals surface area contributed by atoms with Crippen molar-refractivity contribution in [2.24, 2.45) is 0 Å².